The highest BCUT2D eigenvalue weighted by Gasteiger charge is 2.14. The summed E-state index contributed by atoms with van der Waals surface area (Å²) in [5, 5.41) is 5.62. The molecule has 148 valence electrons. The van der Waals surface area contributed by atoms with Crippen molar-refractivity contribution in [3.63, 3.8) is 0 Å². The molecule has 0 saturated carbocycles. The second-order valence-corrected chi connectivity index (χ2v) is 6.67. The van der Waals surface area contributed by atoms with Crippen molar-refractivity contribution in [1.29, 1.82) is 0 Å². The van der Waals surface area contributed by atoms with Crippen LogP contribution in [0.5, 0.6) is 5.75 Å². The summed E-state index contributed by atoms with van der Waals surface area (Å²) in [6, 6.07) is 13.6. The Hall–Kier alpha value is -2.93. The van der Waals surface area contributed by atoms with Crippen LogP contribution >= 0.6 is 12.2 Å². The Morgan fingerprint density at radius 3 is 2.61 bits per heavy atom. The van der Waals surface area contributed by atoms with Crippen molar-refractivity contribution < 1.29 is 14.3 Å². The van der Waals surface area contributed by atoms with Gasteiger partial charge in [0, 0.05) is 11.3 Å². The van der Waals surface area contributed by atoms with E-state index < -0.39 is 5.91 Å². The van der Waals surface area contributed by atoms with Gasteiger partial charge in [-0.25, -0.2) is 0 Å². The molecule has 2 amide bonds. The van der Waals surface area contributed by atoms with Crippen LogP contribution < -0.4 is 21.1 Å². The van der Waals surface area contributed by atoms with Gasteiger partial charge >= 0.3 is 0 Å². The lowest BCUT2D eigenvalue weighted by molar-refractivity contribution is 0.0971. The fourth-order valence-electron chi connectivity index (χ4n) is 2.57. The molecule has 0 unspecified atom stereocenters. The molecule has 2 rings (SSSR count). The summed E-state index contributed by atoms with van der Waals surface area (Å²) >= 11 is 5.20. The number of nitrogens with two attached hydrogens (primary N) is 1. The number of amides is 2. The minimum atomic E-state index is -0.538. The number of hydrogen-bond donors (Lipinski definition) is 3. The van der Waals surface area contributed by atoms with Gasteiger partial charge < -0.3 is 15.8 Å². The molecule has 2 aromatic rings. The summed E-state index contributed by atoms with van der Waals surface area (Å²) in [7, 11) is 0. The Morgan fingerprint density at radius 1 is 1.07 bits per heavy atom. The zero-order chi connectivity index (χ0) is 20.4. The third-order valence-electron chi connectivity index (χ3n) is 4.02. The van der Waals surface area contributed by atoms with Crippen LogP contribution in [-0.2, 0) is 0 Å². The first kappa shape index (κ1) is 21.4. The minimum absolute atomic E-state index is 0.115. The van der Waals surface area contributed by atoms with Crippen LogP contribution in [0.15, 0.2) is 48.5 Å². The van der Waals surface area contributed by atoms with Crippen molar-refractivity contribution in [2.45, 2.75) is 32.6 Å². The van der Waals surface area contributed by atoms with Crippen LogP contribution in [0, 0.1) is 0 Å². The topological polar surface area (TPSA) is 93.4 Å². The van der Waals surface area contributed by atoms with Crippen molar-refractivity contribution >= 4 is 34.8 Å². The predicted molar refractivity (Wildman–Crippen MR) is 115 cm³/mol. The zero-order valence-corrected chi connectivity index (χ0v) is 16.7. The van der Waals surface area contributed by atoms with E-state index in [9.17, 15) is 9.59 Å². The van der Waals surface area contributed by atoms with Crippen LogP contribution in [0.2, 0.25) is 0 Å². The molecule has 0 saturated heterocycles. The van der Waals surface area contributed by atoms with Crippen LogP contribution in [0.3, 0.4) is 0 Å². The van der Waals surface area contributed by atoms with E-state index in [2.05, 4.69) is 17.6 Å². The maximum atomic E-state index is 12.6. The van der Waals surface area contributed by atoms with Gasteiger partial charge in [0.2, 0.25) is 5.91 Å². The second-order valence-electron chi connectivity index (χ2n) is 6.26. The third kappa shape index (κ3) is 6.66. The standard InChI is InChI=1S/C21H25N3O3S/c1-2-3-4-7-13-27-18-12-6-5-11-17(18)20(26)24-21(28)23-16-10-8-9-15(14-16)19(22)25/h5-6,8-12,14H,2-4,7,13H2,1H3,(H2,22,25)(H2,23,24,26,28). The lowest BCUT2D eigenvalue weighted by Crippen LogP contribution is -2.34. The highest BCUT2D eigenvalue weighted by atomic mass is 32.1. The van der Waals surface area contributed by atoms with Crippen molar-refractivity contribution in [3.8, 4) is 5.75 Å². The van der Waals surface area contributed by atoms with E-state index in [0.717, 1.165) is 19.3 Å². The molecule has 0 aromatic heterocycles. The lowest BCUT2D eigenvalue weighted by Gasteiger charge is -2.13. The summed E-state index contributed by atoms with van der Waals surface area (Å²) in [5.41, 5.74) is 6.59. The van der Waals surface area contributed by atoms with E-state index in [4.69, 9.17) is 22.7 Å². The fourth-order valence-corrected chi connectivity index (χ4v) is 2.78. The number of anilines is 1. The molecular formula is C21H25N3O3S. The average Bonchev–Trinajstić information content (AvgIpc) is 2.68. The van der Waals surface area contributed by atoms with Crippen LogP contribution in [0.25, 0.3) is 0 Å². The molecule has 0 atom stereocenters. The molecule has 0 aliphatic heterocycles. The van der Waals surface area contributed by atoms with E-state index >= 15 is 0 Å². The Labute approximate surface area is 170 Å². The van der Waals surface area contributed by atoms with Crippen LogP contribution in [0.1, 0.15) is 53.3 Å². The van der Waals surface area contributed by atoms with Gasteiger partial charge in [-0.1, -0.05) is 44.4 Å². The number of ether oxygens (including phenoxy) is 1. The Kier molecular flexibility index (Phi) is 8.42. The maximum absolute atomic E-state index is 12.6. The Bertz CT molecular complexity index is 839. The number of carbonyl (C=O) groups excluding carboxylic acids is 2. The first-order valence-electron chi connectivity index (χ1n) is 9.25. The second kappa shape index (κ2) is 11.0. The molecule has 7 heteroatoms. The van der Waals surface area contributed by atoms with Gasteiger partial charge in [-0.05, 0) is 49.0 Å². The maximum Gasteiger partial charge on any atom is 0.261 e. The van der Waals surface area contributed by atoms with E-state index in [1.165, 1.54) is 6.42 Å². The number of carbonyl (C=O) groups is 2. The summed E-state index contributed by atoms with van der Waals surface area (Å²) in [6.45, 7) is 2.72. The molecule has 0 aliphatic rings. The number of hydrogen-bond acceptors (Lipinski definition) is 4. The van der Waals surface area contributed by atoms with Gasteiger partial charge in [0.25, 0.3) is 5.91 Å². The van der Waals surface area contributed by atoms with Crippen molar-refractivity contribution in [2.24, 2.45) is 5.73 Å². The smallest absolute Gasteiger partial charge is 0.261 e. The minimum Gasteiger partial charge on any atom is -0.493 e. The molecule has 0 fully saturated rings. The van der Waals surface area contributed by atoms with Gasteiger partial charge in [0.15, 0.2) is 5.11 Å². The molecule has 0 heterocycles. The summed E-state index contributed by atoms with van der Waals surface area (Å²) in [6.07, 6.45) is 4.37. The highest BCUT2D eigenvalue weighted by Crippen LogP contribution is 2.18. The first-order chi connectivity index (χ1) is 13.5. The van der Waals surface area contributed by atoms with E-state index in [0.29, 0.717) is 29.2 Å². The molecule has 6 nitrogen and oxygen atoms in total. The molecular weight excluding hydrogens is 374 g/mol. The molecule has 0 radical (unpaired) electrons. The lowest BCUT2D eigenvalue weighted by atomic mass is 10.2. The largest absolute Gasteiger partial charge is 0.493 e. The van der Waals surface area contributed by atoms with Gasteiger partial charge in [-0.2, -0.15) is 0 Å². The zero-order valence-electron chi connectivity index (χ0n) is 15.9. The van der Waals surface area contributed by atoms with E-state index in [-0.39, 0.29) is 11.0 Å². The molecule has 0 bridgehead atoms. The third-order valence-corrected chi connectivity index (χ3v) is 4.22. The molecule has 2 aromatic carbocycles. The normalized spacial score (nSPS) is 10.2. The van der Waals surface area contributed by atoms with Crippen molar-refractivity contribution in [1.82, 2.24) is 5.32 Å². The summed E-state index contributed by atoms with van der Waals surface area (Å²) < 4.78 is 5.77. The number of thiocarbonyl (C=S) groups is 1. The van der Waals surface area contributed by atoms with Gasteiger partial charge in [-0.15, -0.1) is 0 Å². The Morgan fingerprint density at radius 2 is 1.86 bits per heavy atom. The average molecular weight is 400 g/mol. The first-order valence-corrected chi connectivity index (χ1v) is 9.66. The van der Waals surface area contributed by atoms with Crippen molar-refractivity contribution in [3.05, 3.63) is 59.7 Å². The molecule has 4 N–H and O–H groups in total. The number of para-hydroxylation sites is 1. The highest BCUT2D eigenvalue weighted by molar-refractivity contribution is 7.80. The van der Waals surface area contributed by atoms with Crippen LogP contribution in [-0.4, -0.2) is 23.5 Å². The molecule has 0 aliphatic carbocycles. The molecule has 0 spiro atoms. The van der Waals surface area contributed by atoms with E-state index in [1.54, 1.807) is 42.5 Å². The quantitative estimate of drug-likeness (QED) is 0.440. The van der Waals surface area contributed by atoms with Gasteiger partial charge in [-0.3, -0.25) is 14.9 Å². The number of primary amides is 1. The monoisotopic (exact) mass is 399 g/mol. The summed E-state index contributed by atoms with van der Waals surface area (Å²) in [4.78, 5) is 23.8. The number of nitrogens with one attached hydrogen (secondary N) is 2. The van der Waals surface area contributed by atoms with Gasteiger partial charge in [0.1, 0.15) is 5.75 Å². The van der Waals surface area contributed by atoms with Crippen LogP contribution in [0.4, 0.5) is 5.69 Å². The van der Waals surface area contributed by atoms with E-state index in [1.807, 2.05) is 6.07 Å². The fraction of sp³-hybridized carbons (Fsp3) is 0.286. The summed E-state index contributed by atoms with van der Waals surface area (Å²) in [5.74, 6) is -0.383. The number of benzene rings is 2. The van der Waals surface area contributed by atoms with Crippen molar-refractivity contribution in [2.75, 3.05) is 11.9 Å². The molecule has 28 heavy (non-hydrogen) atoms. The van der Waals surface area contributed by atoms with Gasteiger partial charge in [0.05, 0.1) is 12.2 Å². The number of rotatable bonds is 9. The number of unbranched alkanes of at least 4 members (excludes halogenated alkanes) is 3. The predicted octanol–water partition coefficient (Wildman–Crippen LogP) is 3.87. The SMILES string of the molecule is CCCCCCOc1ccccc1C(=O)NC(=S)Nc1cccc(C(N)=O)c1. The Balaban J connectivity index is 1.95.